The number of rotatable bonds is 5. The first-order valence-electron chi connectivity index (χ1n) is 7.13. The molecule has 0 aliphatic heterocycles. The fourth-order valence-corrected chi connectivity index (χ4v) is 2.42. The van der Waals surface area contributed by atoms with Gasteiger partial charge in [-0.15, -0.1) is 0 Å². The molecule has 1 amide bonds. The molecule has 0 aliphatic rings. The number of benzene rings is 1. The molecule has 1 heterocycles. The quantitative estimate of drug-likeness (QED) is 0.880. The smallest absolute Gasteiger partial charge is 0.330 e. The Balaban J connectivity index is 2.29. The summed E-state index contributed by atoms with van der Waals surface area (Å²) in [6.07, 6.45) is 0. The van der Waals surface area contributed by atoms with Crippen molar-refractivity contribution in [2.75, 3.05) is 0 Å². The lowest BCUT2D eigenvalue weighted by Crippen LogP contribution is -2.34. The highest BCUT2D eigenvalue weighted by molar-refractivity contribution is 6.31. The first-order valence-corrected chi connectivity index (χ1v) is 7.51. The minimum Gasteiger partial charge on any atom is -0.479 e. The molecule has 2 N–H and O–H groups in total. The third kappa shape index (κ3) is 3.71. The second kappa shape index (κ2) is 6.83. The van der Waals surface area contributed by atoms with Gasteiger partial charge >= 0.3 is 5.97 Å². The summed E-state index contributed by atoms with van der Waals surface area (Å²) in [6.45, 7) is 3.93. The van der Waals surface area contributed by atoms with Gasteiger partial charge in [0.1, 0.15) is 5.69 Å². The normalized spacial score (nSPS) is 12.2. The van der Waals surface area contributed by atoms with Crippen LogP contribution in [0.5, 0.6) is 0 Å². The highest BCUT2D eigenvalue weighted by Gasteiger charge is 2.26. The Bertz CT molecular complexity index is 740. The van der Waals surface area contributed by atoms with E-state index in [1.165, 1.54) is 4.68 Å². The molecule has 0 aliphatic carbocycles. The number of halogens is 1. The lowest BCUT2D eigenvalue weighted by Gasteiger charge is -2.16. The zero-order chi connectivity index (χ0) is 17.1. The number of nitrogens with zero attached hydrogens (tertiary/aromatic N) is 2. The van der Waals surface area contributed by atoms with Crippen molar-refractivity contribution in [1.29, 1.82) is 0 Å². The Hall–Kier alpha value is -2.34. The third-order valence-electron chi connectivity index (χ3n) is 3.46. The Morgan fingerprint density at radius 1 is 1.30 bits per heavy atom. The molecule has 23 heavy (non-hydrogen) atoms. The van der Waals surface area contributed by atoms with Crippen molar-refractivity contribution in [3.8, 4) is 0 Å². The van der Waals surface area contributed by atoms with Crippen LogP contribution in [0, 0.1) is 0 Å². The first kappa shape index (κ1) is 17.0. The summed E-state index contributed by atoms with van der Waals surface area (Å²) in [5.74, 6) is -1.53. The molecule has 0 saturated carbocycles. The van der Waals surface area contributed by atoms with Gasteiger partial charge in [-0.05, 0) is 18.1 Å². The number of carboxylic acids is 1. The van der Waals surface area contributed by atoms with Crippen LogP contribution in [-0.4, -0.2) is 26.8 Å². The molecule has 0 unspecified atom stereocenters. The number of carbonyl (C=O) groups excluding carboxylic acids is 1. The number of carboxylic acid groups (broad SMARTS) is 1. The van der Waals surface area contributed by atoms with Gasteiger partial charge in [0.25, 0.3) is 5.91 Å². The lowest BCUT2D eigenvalue weighted by molar-refractivity contribution is -0.139. The fraction of sp³-hybridized carbons (Fsp3) is 0.312. The van der Waals surface area contributed by atoms with Crippen molar-refractivity contribution in [2.24, 2.45) is 7.05 Å². The van der Waals surface area contributed by atoms with Gasteiger partial charge in [0.05, 0.1) is 5.69 Å². The van der Waals surface area contributed by atoms with Crippen molar-refractivity contribution >= 4 is 23.5 Å². The number of carbonyl (C=O) groups is 2. The van der Waals surface area contributed by atoms with Crippen LogP contribution in [0.1, 0.15) is 47.6 Å². The molecule has 6 nitrogen and oxygen atoms in total. The second-order valence-electron chi connectivity index (χ2n) is 5.50. The molecule has 0 bridgehead atoms. The van der Waals surface area contributed by atoms with Gasteiger partial charge in [0, 0.05) is 17.6 Å². The van der Waals surface area contributed by atoms with Crippen LogP contribution in [0.3, 0.4) is 0 Å². The van der Waals surface area contributed by atoms with Gasteiger partial charge in [-0.2, -0.15) is 5.10 Å². The fourth-order valence-electron chi connectivity index (χ4n) is 2.17. The Kier molecular flexibility index (Phi) is 5.05. The van der Waals surface area contributed by atoms with E-state index in [1.807, 2.05) is 13.8 Å². The van der Waals surface area contributed by atoms with Crippen LogP contribution in [0.4, 0.5) is 0 Å². The van der Waals surface area contributed by atoms with Crippen LogP contribution in [0.25, 0.3) is 0 Å². The Morgan fingerprint density at radius 3 is 2.48 bits per heavy atom. The highest BCUT2D eigenvalue weighted by atomic mass is 35.5. The molecule has 7 heteroatoms. The molecule has 0 fully saturated rings. The largest absolute Gasteiger partial charge is 0.479 e. The predicted molar refractivity (Wildman–Crippen MR) is 86.6 cm³/mol. The maximum absolute atomic E-state index is 12.4. The monoisotopic (exact) mass is 335 g/mol. The number of hydrogen-bond donors (Lipinski definition) is 2. The average molecular weight is 336 g/mol. The van der Waals surface area contributed by atoms with Crippen molar-refractivity contribution in [3.63, 3.8) is 0 Å². The Labute approximate surface area is 139 Å². The maximum atomic E-state index is 12.4. The van der Waals surface area contributed by atoms with Crippen molar-refractivity contribution in [2.45, 2.75) is 25.8 Å². The number of hydrogen-bond acceptors (Lipinski definition) is 3. The van der Waals surface area contributed by atoms with Crippen molar-refractivity contribution < 1.29 is 14.7 Å². The Morgan fingerprint density at radius 2 is 1.96 bits per heavy atom. The van der Waals surface area contributed by atoms with Gasteiger partial charge in [-0.25, -0.2) is 4.79 Å². The molecule has 0 saturated heterocycles. The molecular weight excluding hydrogens is 318 g/mol. The molecule has 1 aromatic carbocycles. The molecule has 122 valence electrons. The van der Waals surface area contributed by atoms with Crippen LogP contribution in [0.2, 0.25) is 5.02 Å². The predicted octanol–water partition coefficient (Wildman–Crippen LogP) is 2.75. The number of nitrogens with one attached hydrogen (secondary N) is 1. The van der Waals surface area contributed by atoms with E-state index >= 15 is 0 Å². The number of aromatic nitrogens is 2. The zero-order valence-corrected chi connectivity index (χ0v) is 13.8. The van der Waals surface area contributed by atoms with Gasteiger partial charge in [-0.1, -0.05) is 43.6 Å². The summed E-state index contributed by atoms with van der Waals surface area (Å²) in [4.78, 5) is 23.9. The second-order valence-corrected chi connectivity index (χ2v) is 5.91. The van der Waals surface area contributed by atoms with Crippen LogP contribution in [-0.2, 0) is 11.8 Å². The summed E-state index contributed by atoms with van der Waals surface area (Å²) in [5.41, 5.74) is 1.40. The molecule has 1 aromatic heterocycles. The van der Waals surface area contributed by atoms with E-state index in [2.05, 4.69) is 10.4 Å². The number of aliphatic carboxylic acids is 1. The summed E-state index contributed by atoms with van der Waals surface area (Å²) < 4.78 is 1.44. The third-order valence-corrected chi connectivity index (χ3v) is 3.81. The van der Waals surface area contributed by atoms with Gasteiger partial charge in [0.15, 0.2) is 6.04 Å². The van der Waals surface area contributed by atoms with E-state index in [4.69, 9.17) is 11.6 Å². The maximum Gasteiger partial charge on any atom is 0.330 e. The van der Waals surface area contributed by atoms with E-state index in [0.717, 1.165) is 5.69 Å². The van der Waals surface area contributed by atoms with E-state index < -0.39 is 17.9 Å². The molecule has 2 rings (SSSR count). The van der Waals surface area contributed by atoms with Crippen molar-refractivity contribution in [3.05, 3.63) is 52.3 Å². The topological polar surface area (TPSA) is 84.2 Å². The van der Waals surface area contributed by atoms with Crippen LogP contribution < -0.4 is 5.32 Å². The van der Waals surface area contributed by atoms with Crippen LogP contribution in [0.15, 0.2) is 30.3 Å². The summed E-state index contributed by atoms with van der Waals surface area (Å²) >= 11 is 6.04. The first-order chi connectivity index (χ1) is 10.8. The SMILES string of the molecule is CC(C)c1cc(C(=O)N[C@H](C(=O)O)c2ccccc2Cl)n(C)n1. The molecule has 2 aromatic rings. The van der Waals surface area contributed by atoms with Gasteiger partial charge in [-0.3, -0.25) is 9.48 Å². The minimum atomic E-state index is -1.23. The number of aryl methyl sites for hydroxylation is 1. The van der Waals surface area contributed by atoms with Crippen molar-refractivity contribution in [1.82, 2.24) is 15.1 Å². The standard InChI is InChI=1S/C16H18ClN3O3/c1-9(2)12-8-13(20(3)19-12)15(21)18-14(16(22)23)10-6-4-5-7-11(10)17/h4-9,14H,1-3H3,(H,18,21)(H,22,23)/t14-/m0/s1. The highest BCUT2D eigenvalue weighted by Crippen LogP contribution is 2.23. The lowest BCUT2D eigenvalue weighted by atomic mass is 10.1. The molecule has 0 spiro atoms. The zero-order valence-electron chi connectivity index (χ0n) is 13.1. The summed E-state index contributed by atoms with van der Waals surface area (Å²) in [6, 6.07) is 6.95. The number of amides is 1. The molecule has 1 atom stereocenters. The van der Waals surface area contributed by atoms with E-state index in [1.54, 1.807) is 37.4 Å². The average Bonchev–Trinajstić information content (AvgIpc) is 2.87. The van der Waals surface area contributed by atoms with Gasteiger partial charge < -0.3 is 10.4 Å². The molecular formula is C16H18ClN3O3. The van der Waals surface area contributed by atoms with E-state index in [-0.39, 0.29) is 10.9 Å². The van der Waals surface area contributed by atoms with E-state index in [9.17, 15) is 14.7 Å². The summed E-state index contributed by atoms with van der Waals surface area (Å²) in [5, 5.41) is 16.5. The van der Waals surface area contributed by atoms with Crippen LogP contribution >= 0.6 is 11.6 Å². The summed E-state index contributed by atoms with van der Waals surface area (Å²) in [7, 11) is 1.64. The van der Waals surface area contributed by atoms with E-state index in [0.29, 0.717) is 11.3 Å². The molecule has 0 radical (unpaired) electrons. The minimum absolute atomic E-state index is 0.168. The van der Waals surface area contributed by atoms with Gasteiger partial charge in [0.2, 0.25) is 0 Å².